The highest BCUT2D eigenvalue weighted by Crippen LogP contribution is 2.24. The first-order valence-corrected chi connectivity index (χ1v) is 3.75. The molecule has 60 valence electrons. The molecule has 3 nitrogen and oxygen atoms in total. The number of rotatable bonds is 3. The van der Waals surface area contributed by atoms with Crippen LogP contribution >= 0.6 is 23.2 Å². The van der Waals surface area contributed by atoms with Crippen LogP contribution in [0.5, 0.6) is 0 Å². The largest absolute Gasteiger partial charge is 0.358 e. The third kappa shape index (κ3) is 2.20. The number of alkyl halides is 1. The van der Waals surface area contributed by atoms with Gasteiger partial charge in [-0.05, 0) is 0 Å². The molecule has 0 spiro atoms. The molecule has 0 aromatic carbocycles. The molecule has 1 atom stereocenters. The van der Waals surface area contributed by atoms with Gasteiger partial charge >= 0.3 is 0 Å². The van der Waals surface area contributed by atoms with Gasteiger partial charge in [-0.25, -0.2) is 0 Å². The molecule has 0 fully saturated rings. The molecule has 1 unspecified atom stereocenters. The lowest BCUT2D eigenvalue weighted by Crippen LogP contribution is -1.87. The van der Waals surface area contributed by atoms with Gasteiger partial charge in [0, 0.05) is 12.5 Å². The summed E-state index contributed by atoms with van der Waals surface area (Å²) in [4.78, 5) is 10.0. The van der Waals surface area contributed by atoms with Gasteiger partial charge in [-0.2, -0.15) is 0 Å². The van der Waals surface area contributed by atoms with Gasteiger partial charge in [-0.15, -0.1) is 11.6 Å². The number of nitrogens with zero attached hydrogens (tertiary/aromatic N) is 1. The van der Waals surface area contributed by atoms with E-state index in [0.717, 1.165) is 0 Å². The maximum atomic E-state index is 10.0. The third-order valence-corrected chi connectivity index (χ3v) is 1.68. The highest BCUT2D eigenvalue weighted by molar-refractivity contribution is 6.29. The Hall–Kier alpha value is -0.540. The first-order chi connectivity index (χ1) is 5.24. The van der Waals surface area contributed by atoms with Crippen LogP contribution in [0.1, 0.15) is 17.6 Å². The first-order valence-electron chi connectivity index (χ1n) is 2.94. The molecule has 0 bridgehead atoms. The second-order valence-electron chi connectivity index (χ2n) is 1.92. The van der Waals surface area contributed by atoms with Gasteiger partial charge in [0.2, 0.25) is 0 Å². The monoisotopic (exact) mass is 193 g/mol. The Kier molecular flexibility index (Phi) is 2.91. The van der Waals surface area contributed by atoms with Crippen LogP contribution in [0.3, 0.4) is 0 Å². The lowest BCUT2D eigenvalue weighted by Gasteiger charge is -1.96. The Morgan fingerprint density at radius 2 is 2.55 bits per heavy atom. The molecule has 0 amide bonds. The van der Waals surface area contributed by atoms with E-state index in [9.17, 15) is 4.79 Å². The molecular weight excluding hydrogens is 189 g/mol. The van der Waals surface area contributed by atoms with Gasteiger partial charge in [0.1, 0.15) is 11.7 Å². The van der Waals surface area contributed by atoms with Crippen molar-refractivity contribution < 1.29 is 9.32 Å². The molecule has 0 aliphatic heterocycles. The van der Waals surface area contributed by atoms with Gasteiger partial charge in [0.05, 0.1) is 0 Å². The minimum atomic E-state index is -0.465. The van der Waals surface area contributed by atoms with Gasteiger partial charge < -0.3 is 9.32 Å². The zero-order valence-electron chi connectivity index (χ0n) is 5.46. The fraction of sp³-hybridized carbons (Fsp3) is 0.333. The molecule has 0 N–H and O–H groups in total. The second kappa shape index (κ2) is 3.74. The minimum absolute atomic E-state index is 0.201. The molecule has 1 aromatic heterocycles. The average Bonchev–Trinajstić information content (AvgIpc) is 2.36. The molecule has 1 rings (SSSR count). The summed E-state index contributed by atoms with van der Waals surface area (Å²) in [5.41, 5.74) is 0. The first kappa shape index (κ1) is 8.56. The van der Waals surface area contributed by atoms with Crippen LogP contribution in [0.4, 0.5) is 0 Å². The van der Waals surface area contributed by atoms with Crippen LogP contribution in [0.2, 0.25) is 5.15 Å². The summed E-state index contributed by atoms with van der Waals surface area (Å²) in [6.07, 6.45) is 0.918. The lowest BCUT2D eigenvalue weighted by molar-refractivity contribution is -0.107. The topological polar surface area (TPSA) is 43.1 Å². The standard InChI is InChI=1S/C6H5Cl2NO2/c7-4(1-2-10)5-3-6(8)9-11-5/h2-4H,1H2. The molecular formula is C6H5Cl2NO2. The Labute approximate surface area is 73.3 Å². The normalized spacial score (nSPS) is 12.9. The van der Waals surface area contributed by atoms with Crippen molar-refractivity contribution in [3.05, 3.63) is 17.0 Å². The molecule has 11 heavy (non-hydrogen) atoms. The van der Waals surface area contributed by atoms with Gasteiger partial charge in [-0.3, -0.25) is 0 Å². The molecule has 5 heteroatoms. The number of aldehydes is 1. The maximum Gasteiger partial charge on any atom is 0.172 e. The van der Waals surface area contributed by atoms with Crippen molar-refractivity contribution in [1.29, 1.82) is 0 Å². The van der Waals surface area contributed by atoms with E-state index in [4.69, 9.17) is 27.7 Å². The van der Waals surface area contributed by atoms with Crippen LogP contribution in [0.25, 0.3) is 0 Å². The summed E-state index contributed by atoms with van der Waals surface area (Å²) in [5, 5.41) is 3.19. The van der Waals surface area contributed by atoms with E-state index in [-0.39, 0.29) is 11.6 Å². The van der Waals surface area contributed by atoms with Crippen molar-refractivity contribution in [2.45, 2.75) is 11.8 Å². The van der Waals surface area contributed by atoms with E-state index in [2.05, 4.69) is 5.16 Å². The third-order valence-electron chi connectivity index (χ3n) is 1.11. The number of carbonyl (C=O) groups is 1. The van der Waals surface area contributed by atoms with Crippen LogP contribution in [-0.4, -0.2) is 11.4 Å². The summed E-state index contributed by atoms with van der Waals surface area (Å²) in [6, 6.07) is 1.49. The fourth-order valence-corrected chi connectivity index (χ4v) is 0.932. The maximum absolute atomic E-state index is 10.0. The van der Waals surface area contributed by atoms with E-state index < -0.39 is 5.38 Å². The van der Waals surface area contributed by atoms with Crippen LogP contribution in [0, 0.1) is 0 Å². The average molecular weight is 194 g/mol. The summed E-state index contributed by atoms with van der Waals surface area (Å²) in [5.74, 6) is 0.420. The molecule has 1 aromatic rings. The van der Waals surface area contributed by atoms with Crippen molar-refractivity contribution in [1.82, 2.24) is 5.16 Å². The van der Waals surface area contributed by atoms with E-state index in [0.29, 0.717) is 12.0 Å². The summed E-state index contributed by atoms with van der Waals surface area (Å²) in [6.45, 7) is 0. The van der Waals surface area contributed by atoms with Crippen molar-refractivity contribution in [2.24, 2.45) is 0 Å². The summed E-state index contributed by atoms with van der Waals surface area (Å²) in [7, 11) is 0. The number of halogens is 2. The highest BCUT2D eigenvalue weighted by atomic mass is 35.5. The van der Waals surface area contributed by atoms with E-state index in [1.54, 1.807) is 0 Å². The predicted octanol–water partition coefficient (Wildman–Crippen LogP) is 2.20. The van der Waals surface area contributed by atoms with Gasteiger partial charge in [-0.1, -0.05) is 16.8 Å². The SMILES string of the molecule is O=CCC(Cl)c1cc(Cl)no1. The second-order valence-corrected chi connectivity index (χ2v) is 2.84. The van der Waals surface area contributed by atoms with Crippen LogP contribution < -0.4 is 0 Å². The van der Waals surface area contributed by atoms with Gasteiger partial charge in [0.25, 0.3) is 0 Å². The fourth-order valence-electron chi connectivity index (χ4n) is 0.615. The van der Waals surface area contributed by atoms with E-state index in [1.165, 1.54) is 6.07 Å². The smallest absolute Gasteiger partial charge is 0.172 e. The van der Waals surface area contributed by atoms with Crippen molar-refractivity contribution in [3.63, 3.8) is 0 Å². The van der Waals surface area contributed by atoms with Crippen molar-refractivity contribution >= 4 is 29.5 Å². The predicted molar refractivity (Wildman–Crippen MR) is 40.8 cm³/mol. The number of hydrogen-bond acceptors (Lipinski definition) is 3. The summed E-state index contributed by atoms with van der Waals surface area (Å²) >= 11 is 11.1. The number of carbonyl (C=O) groups excluding carboxylic acids is 1. The molecule has 0 saturated heterocycles. The lowest BCUT2D eigenvalue weighted by atomic mass is 10.2. The molecule has 0 aliphatic carbocycles. The van der Waals surface area contributed by atoms with Crippen LogP contribution in [-0.2, 0) is 4.79 Å². The molecule has 0 saturated carbocycles. The number of hydrogen-bond donors (Lipinski definition) is 0. The Morgan fingerprint density at radius 3 is 3.00 bits per heavy atom. The summed E-state index contributed by atoms with van der Waals surface area (Å²) < 4.78 is 4.71. The van der Waals surface area contributed by atoms with E-state index >= 15 is 0 Å². The Balaban J connectivity index is 2.67. The zero-order chi connectivity index (χ0) is 8.27. The minimum Gasteiger partial charge on any atom is -0.358 e. The number of aromatic nitrogens is 1. The van der Waals surface area contributed by atoms with Crippen LogP contribution in [0.15, 0.2) is 10.6 Å². The van der Waals surface area contributed by atoms with Gasteiger partial charge in [0.15, 0.2) is 10.9 Å². The van der Waals surface area contributed by atoms with E-state index in [1.807, 2.05) is 0 Å². The quantitative estimate of drug-likeness (QED) is 0.547. The highest BCUT2D eigenvalue weighted by Gasteiger charge is 2.12. The van der Waals surface area contributed by atoms with Crippen molar-refractivity contribution in [3.8, 4) is 0 Å². The van der Waals surface area contributed by atoms with Crippen molar-refractivity contribution in [2.75, 3.05) is 0 Å². The Bertz CT molecular complexity index is 248. The Morgan fingerprint density at radius 1 is 1.82 bits per heavy atom. The molecule has 0 aliphatic rings. The molecule has 0 radical (unpaired) electrons. The molecule has 1 heterocycles. The zero-order valence-corrected chi connectivity index (χ0v) is 6.97.